The Labute approximate surface area is 124 Å². The molecule has 18 heavy (non-hydrogen) atoms. The van der Waals surface area contributed by atoms with Crippen LogP contribution in [0.2, 0.25) is 0 Å². The zero-order valence-corrected chi connectivity index (χ0v) is 13.4. The van der Waals surface area contributed by atoms with Crippen LogP contribution in [0.15, 0.2) is 27.1 Å². The molecule has 1 atom stereocenters. The maximum Gasteiger partial charge on any atom is 0.255 e. The van der Waals surface area contributed by atoms with E-state index in [1.165, 1.54) is 0 Å². The Hall–Kier alpha value is -0.390. The smallest absolute Gasteiger partial charge is 0.255 e. The number of carbonyl (C=O) groups is 1. The number of nitrogens with zero attached hydrogens (tertiary/aromatic N) is 1. The van der Waals surface area contributed by atoms with Crippen molar-refractivity contribution in [2.45, 2.75) is 19.4 Å². The van der Waals surface area contributed by atoms with Gasteiger partial charge in [0.2, 0.25) is 0 Å². The third-order valence-corrected chi connectivity index (χ3v) is 4.39. The van der Waals surface area contributed by atoms with E-state index < -0.39 is 0 Å². The molecule has 1 N–H and O–H groups in total. The molecule has 1 fully saturated rings. The molecular weight excluding hydrogens is 360 g/mol. The Kier molecular flexibility index (Phi) is 4.81. The van der Waals surface area contributed by atoms with E-state index in [2.05, 4.69) is 37.2 Å². The maximum atomic E-state index is 12.5. The Morgan fingerprint density at radius 1 is 1.50 bits per heavy atom. The summed E-state index contributed by atoms with van der Waals surface area (Å²) < 4.78 is 1.81. The molecule has 3 nitrogen and oxygen atoms in total. The van der Waals surface area contributed by atoms with Crippen LogP contribution in [0, 0.1) is 0 Å². The first kappa shape index (κ1) is 14.0. The number of rotatable bonds is 3. The number of halogens is 2. The lowest BCUT2D eigenvalue weighted by Gasteiger charge is -2.27. The van der Waals surface area contributed by atoms with Crippen LogP contribution >= 0.6 is 31.9 Å². The molecule has 1 amide bonds. The highest BCUT2D eigenvalue weighted by molar-refractivity contribution is 9.11. The van der Waals surface area contributed by atoms with Crippen molar-refractivity contribution in [2.24, 2.45) is 0 Å². The minimum atomic E-state index is 0.102. The van der Waals surface area contributed by atoms with Gasteiger partial charge in [-0.05, 0) is 54.0 Å². The normalized spacial score (nSPS) is 18.9. The largest absolute Gasteiger partial charge is 0.335 e. The van der Waals surface area contributed by atoms with Gasteiger partial charge < -0.3 is 10.2 Å². The first-order chi connectivity index (χ1) is 8.63. The van der Waals surface area contributed by atoms with Gasteiger partial charge in [0.05, 0.1) is 5.56 Å². The summed E-state index contributed by atoms with van der Waals surface area (Å²) in [6, 6.07) is 5.99. The third kappa shape index (κ3) is 2.95. The maximum absolute atomic E-state index is 12.5. The number of amides is 1. The van der Waals surface area contributed by atoms with Crippen LogP contribution in [0.25, 0.3) is 0 Å². The van der Waals surface area contributed by atoms with Crippen molar-refractivity contribution in [1.82, 2.24) is 10.2 Å². The molecular formula is C13H16Br2N2O. The fourth-order valence-corrected chi connectivity index (χ4v) is 3.51. The SMILES string of the molecule is CCN(C(=O)c1ccc(Br)cc1Br)C1CCNC1. The zero-order chi connectivity index (χ0) is 13.1. The number of hydrogen-bond donors (Lipinski definition) is 1. The van der Waals surface area contributed by atoms with Crippen LogP contribution < -0.4 is 5.32 Å². The van der Waals surface area contributed by atoms with Crippen LogP contribution in [-0.4, -0.2) is 36.5 Å². The van der Waals surface area contributed by atoms with Crippen molar-refractivity contribution in [1.29, 1.82) is 0 Å². The van der Waals surface area contributed by atoms with Crippen LogP contribution in [0.1, 0.15) is 23.7 Å². The summed E-state index contributed by atoms with van der Waals surface area (Å²) in [6.45, 7) is 4.67. The predicted molar refractivity (Wildman–Crippen MR) is 79.8 cm³/mol. The molecule has 2 rings (SSSR count). The zero-order valence-electron chi connectivity index (χ0n) is 10.2. The van der Waals surface area contributed by atoms with E-state index in [0.717, 1.165) is 40.6 Å². The lowest BCUT2D eigenvalue weighted by molar-refractivity contribution is 0.0703. The van der Waals surface area contributed by atoms with Gasteiger partial charge in [-0.15, -0.1) is 0 Å². The second kappa shape index (κ2) is 6.17. The Morgan fingerprint density at radius 3 is 2.83 bits per heavy atom. The standard InChI is InChI=1S/C13H16Br2N2O/c1-2-17(10-5-6-16-8-10)13(18)11-4-3-9(14)7-12(11)15/h3-4,7,10,16H,2,5-6,8H2,1H3. The van der Waals surface area contributed by atoms with Crippen LogP contribution in [0.3, 0.4) is 0 Å². The molecule has 1 saturated heterocycles. The Bertz CT molecular complexity index is 445. The van der Waals surface area contributed by atoms with Gasteiger partial charge in [-0.2, -0.15) is 0 Å². The average molecular weight is 376 g/mol. The minimum absolute atomic E-state index is 0.102. The molecule has 0 bridgehead atoms. The van der Waals surface area contributed by atoms with E-state index in [4.69, 9.17) is 0 Å². The van der Waals surface area contributed by atoms with Crippen LogP contribution in [0.5, 0.6) is 0 Å². The van der Waals surface area contributed by atoms with Crippen LogP contribution in [0.4, 0.5) is 0 Å². The van der Waals surface area contributed by atoms with E-state index in [1.807, 2.05) is 30.0 Å². The summed E-state index contributed by atoms with van der Waals surface area (Å²) in [5.74, 6) is 0.102. The first-order valence-corrected chi connectivity index (χ1v) is 7.68. The molecule has 1 heterocycles. The third-order valence-electron chi connectivity index (χ3n) is 3.24. The monoisotopic (exact) mass is 374 g/mol. The Morgan fingerprint density at radius 2 is 2.28 bits per heavy atom. The number of hydrogen-bond acceptors (Lipinski definition) is 2. The molecule has 1 aliphatic rings. The second-order valence-electron chi connectivity index (χ2n) is 4.36. The van der Waals surface area contributed by atoms with Gasteiger partial charge in [0.1, 0.15) is 0 Å². The highest BCUT2D eigenvalue weighted by Gasteiger charge is 2.26. The van der Waals surface area contributed by atoms with Crippen molar-refractivity contribution in [2.75, 3.05) is 19.6 Å². The minimum Gasteiger partial charge on any atom is -0.335 e. The highest BCUT2D eigenvalue weighted by atomic mass is 79.9. The fraction of sp³-hybridized carbons (Fsp3) is 0.462. The molecule has 1 aromatic rings. The molecule has 1 unspecified atom stereocenters. The Balaban J connectivity index is 2.22. The van der Waals surface area contributed by atoms with Crippen molar-refractivity contribution in [3.63, 3.8) is 0 Å². The van der Waals surface area contributed by atoms with Gasteiger partial charge >= 0.3 is 0 Å². The average Bonchev–Trinajstić information content (AvgIpc) is 2.83. The number of likely N-dealkylation sites (N-methyl/N-ethyl adjacent to an activating group) is 1. The van der Waals surface area contributed by atoms with Gasteiger partial charge in [0.25, 0.3) is 5.91 Å². The fourth-order valence-electron chi connectivity index (χ4n) is 2.29. The summed E-state index contributed by atoms with van der Waals surface area (Å²) in [5, 5.41) is 3.30. The van der Waals surface area contributed by atoms with E-state index in [0.29, 0.717) is 6.04 Å². The quantitative estimate of drug-likeness (QED) is 0.880. The van der Waals surface area contributed by atoms with Crippen molar-refractivity contribution < 1.29 is 4.79 Å². The van der Waals surface area contributed by atoms with Gasteiger partial charge in [0, 0.05) is 28.1 Å². The molecule has 0 saturated carbocycles. The number of nitrogens with one attached hydrogen (secondary N) is 1. The first-order valence-electron chi connectivity index (χ1n) is 6.10. The highest BCUT2D eigenvalue weighted by Crippen LogP contribution is 2.24. The lowest BCUT2D eigenvalue weighted by atomic mass is 10.1. The lowest BCUT2D eigenvalue weighted by Crippen LogP contribution is -2.41. The predicted octanol–water partition coefficient (Wildman–Crippen LogP) is 3.04. The number of carbonyl (C=O) groups excluding carboxylic acids is 1. The van der Waals surface area contributed by atoms with Gasteiger partial charge in [-0.3, -0.25) is 4.79 Å². The van der Waals surface area contributed by atoms with Crippen molar-refractivity contribution in [3.05, 3.63) is 32.7 Å². The summed E-state index contributed by atoms with van der Waals surface area (Å²) in [6.07, 6.45) is 1.04. The van der Waals surface area contributed by atoms with Crippen LogP contribution in [-0.2, 0) is 0 Å². The summed E-state index contributed by atoms with van der Waals surface area (Å²) >= 11 is 6.86. The molecule has 98 valence electrons. The molecule has 1 aromatic carbocycles. The van der Waals surface area contributed by atoms with Gasteiger partial charge in [-0.25, -0.2) is 0 Å². The van der Waals surface area contributed by atoms with Crippen molar-refractivity contribution >= 4 is 37.8 Å². The molecule has 0 spiro atoms. The van der Waals surface area contributed by atoms with Gasteiger partial charge in [0.15, 0.2) is 0 Å². The van der Waals surface area contributed by atoms with E-state index in [9.17, 15) is 4.79 Å². The molecule has 0 aliphatic carbocycles. The molecule has 0 radical (unpaired) electrons. The molecule has 5 heteroatoms. The summed E-state index contributed by atoms with van der Waals surface area (Å²) in [4.78, 5) is 14.5. The van der Waals surface area contributed by atoms with Crippen molar-refractivity contribution in [3.8, 4) is 0 Å². The van der Waals surface area contributed by atoms with E-state index >= 15 is 0 Å². The van der Waals surface area contributed by atoms with Gasteiger partial charge in [-0.1, -0.05) is 15.9 Å². The molecule has 0 aromatic heterocycles. The van der Waals surface area contributed by atoms with E-state index in [1.54, 1.807) is 0 Å². The topological polar surface area (TPSA) is 32.3 Å². The summed E-state index contributed by atoms with van der Waals surface area (Å²) in [5.41, 5.74) is 0.729. The summed E-state index contributed by atoms with van der Waals surface area (Å²) in [7, 11) is 0. The van der Waals surface area contributed by atoms with E-state index in [-0.39, 0.29) is 5.91 Å². The number of benzene rings is 1. The second-order valence-corrected chi connectivity index (χ2v) is 6.13. The molecule has 1 aliphatic heterocycles.